The average Bonchev–Trinajstić information content (AvgIpc) is 3.26. The normalized spacial score (nSPS) is 13.8. The summed E-state index contributed by atoms with van der Waals surface area (Å²) in [6.07, 6.45) is -3.83. The summed E-state index contributed by atoms with van der Waals surface area (Å²) >= 11 is 0. The molecule has 2 aromatic carbocycles. The zero-order valence-corrected chi connectivity index (χ0v) is 20.3. The third kappa shape index (κ3) is 6.02. The van der Waals surface area contributed by atoms with Gasteiger partial charge in [-0.05, 0) is 36.8 Å². The molecule has 2 atom stereocenters. The van der Waals surface area contributed by atoms with Crippen LogP contribution in [-0.2, 0) is 27.4 Å². The van der Waals surface area contributed by atoms with Gasteiger partial charge in [0, 0.05) is 17.9 Å². The Morgan fingerprint density at radius 1 is 1.19 bits per heavy atom. The summed E-state index contributed by atoms with van der Waals surface area (Å²) in [6.45, 7) is 1.17. The number of rotatable bonds is 8. The van der Waals surface area contributed by atoms with Crippen LogP contribution in [0.5, 0.6) is 5.75 Å². The van der Waals surface area contributed by atoms with Gasteiger partial charge in [-0.15, -0.1) is 0 Å². The van der Waals surface area contributed by atoms with Gasteiger partial charge in [-0.3, -0.25) is 4.79 Å². The summed E-state index contributed by atoms with van der Waals surface area (Å²) in [5, 5.41) is 4.62. The highest BCUT2D eigenvalue weighted by atomic mass is 32.2. The average molecular weight is 529 g/mol. The quantitative estimate of drug-likeness (QED) is 0.433. The first-order valence-corrected chi connectivity index (χ1v) is 12.5. The van der Waals surface area contributed by atoms with Gasteiger partial charge in [-0.1, -0.05) is 18.2 Å². The number of methoxy groups -OCH3 is 1. The molecule has 1 heterocycles. The number of hydrogen-bond acceptors (Lipinski definition) is 6. The van der Waals surface area contributed by atoms with Crippen LogP contribution in [0.4, 0.5) is 17.6 Å². The van der Waals surface area contributed by atoms with Gasteiger partial charge >= 0.3 is 6.18 Å². The zero-order valence-electron chi connectivity index (χ0n) is 19.5. The van der Waals surface area contributed by atoms with Crippen molar-refractivity contribution in [3.8, 4) is 11.4 Å². The predicted molar refractivity (Wildman–Crippen MR) is 124 cm³/mol. The first-order chi connectivity index (χ1) is 16.7. The Kier molecular flexibility index (Phi) is 7.74. The van der Waals surface area contributed by atoms with Crippen molar-refractivity contribution in [2.75, 3.05) is 13.4 Å². The molecule has 36 heavy (non-hydrogen) atoms. The lowest BCUT2D eigenvalue weighted by atomic mass is 9.98. The van der Waals surface area contributed by atoms with E-state index in [0.717, 1.165) is 23.1 Å². The number of nitrogens with one attached hydrogen (secondary N) is 1. The van der Waals surface area contributed by atoms with Crippen LogP contribution in [0, 0.1) is 5.82 Å². The largest absolute Gasteiger partial charge is 0.497 e. The van der Waals surface area contributed by atoms with E-state index in [-0.39, 0.29) is 23.4 Å². The minimum absolute atomic E-state index is 0.0526. The molecule has 0 saturated carbocycles. The lowest BCUT2D eigenvalue weighted by Gasteiger charge is -2.16. The van der Waals surface area contributed by atoms with Crippen molar-refractivity contribution in [1.29, 1.82) is 0 Å². The summed E-state index contributed by atoms with van der Waals surface area (Å²) in [6, 6.07) is 10.6. The van der Waals surface area contributed by atoms with E-state index < -0.39 is 44.7 Å². The molecule has 2 unspecified atom stereocenters. The summed E-state index contributed by atoms with van der Waals surface area (Å²) in [4.78, 5) is 12.7. The lowest BCUT2D eigenvalue weighted by Crippen LogP contribution is -2.28. The molecule has 3 N–H and O–H groups in total. The lowest BCUT2D eigenvalue weighted by molar-refractivity contribution is -0.141. The number of amides is 1. The van der Waals surface area contributed by atoms with E-state index in [1.54, 1.807) is 12.1 Å². The Morgan fingerprint density at radius 3 is 2.47 bits per heavy atom. The van der Waals surface area contributed by atoms with Gasteiger partial charge < -0.3 is 15.8 Å². The summed E-state index contributed by atoms with van der Waals surface area (Å²) in [5.41, 5.74) is 4.78. The molecule has 3 rings (SSSR count). The molecule has 0 aliphatic carbocycles. The van der Waals surface area contributed by atoms with Gasteiger partial charge in [0.2, 0.25) is 5.91 Å². The van der Waals surface area contributed by atoms with Crippen LogP contribution >= 0.6 is 0 Å². The topological polar surface area (TPSA) is 116 Å². The number of nitrogens with two attached hydrogens (primary N) is 1. The maximum Gasteiger partial charge on any atom is 0.435 e. The minimum Gasteiger partial charge on any atom is -0.497 e. The maximum absolute atomic E-state index is 14.5. The van der Waals surface area contributed by atoms with Crippen molar-refractivity contribution in [2.24, 2.45) is 5.73 Å². The maximum atomic E-state index is 14.5. The smallest absolute Gasteiger partial charge is 0.435 e. The highest BCUT2D eigenvalue weighted by Crippen LogP contribution is 2.30. The number of halogens is 4. The highest BCUT2D eigenvalue weighted by Gasteiger charge is 2.35. The van der Waals surface area contributed by atoms with Crippen LogP contribution in [0.3, 0.4) is 0 Å². The monoisotopic (exact) mass is 528 g/mol. The molecule has 3 aromatic rings. The number of sulfone groups is 1. The number of benzene rings is 2. The van der Waals surface area contributed by atoms with Crippen molar-refractivity contribution in [3.05, 3.63) is 76.9 Å². The third-order valence-electron chi connectivity index (χ3n) is 5.50. The SMILES string of the molecule is COc1cccc(-n2nc(C(F)(F)F)cc2CNC(=O)C(C)c2ccc(C(N)S(C)(=O)=O)c(F)c2)c1. The van der Waals surface area contributed by atoms with Gasteiger partial charge in [0.15, 0.2) is 15.5 Å². The van der Waals surface area contributed by atoms with Gasteiger partial charge in [0.25, 0.3) is 0 Å². The van der Waals surface area contributed by atoms with E-state index in [1.807, 2.05) is 0 Å². The Bertz CT molecular complexity index is 1370. The van der Waals surface area contributed by atoms with E-state index in [0.29, 0.717) is 11.4 Å². The number of nitrogens with zero attached hydrogens (tertiary/aromatic N) is 2. The number of carbonyl (C=O) groups is 1. The van der Waals surface area contributed by atoms with E-state index in [2.05, 4.69) is 10.4 Å². The Morgan fingerprint density at radius 2 is 1.89 bits per heavy atom. The van der Waals surface area contributed by atoms with Gasteiger partial charge in [-0.2, -0.15) is 18.3 Å². The van der Waals surface area contributed by atoms with Crippen molar-refractivity contribution in [2.45, 2.75) is 30.9 Å². The number of alkyl halides is 3. The Balaban J connectivity index is 1.83. The molecule has 1 aromatic heterocycles. The summed E-state index contributed by atoms with van der Waals surface area (Å²) < 4.78 is 83.9. The molecule has 0 saturated heterocycles. The molecular weight excluding hydrogens is 504 g/mol. The second kappa shape index (κ2) is 10.3. The highest BCUT2D eigenvalue weighted by molar-refractivity contribution is 7.90. The number of aromatic nitrogens is 2. The van der Waals surface area contributed by atoms with E-state index >= 15 is 0 Å². The molecule has 13 heteroatoms. The van der Waals surface area contributed by atoms with Crippen LogP contribution in [0.2, 0.25) is 0 Å². The zero-order chi connectivity index (χ0) is 26.8. The Labute approximate surface area is 205 Å². The first-order valence-electron chi connectivity index (χ1n) is 10.5. The van der Waals surface area contributed by atoms with Crippen molar-refractivity contribution < 1.29 is 35.5 Å². The van der Waals surface area contributed by atoms with Crippen molar-refractivity contribution in [3.63, 3.8) is 0 Å². The molecule has 1 amide bonds. The molecule has 0 aliphatic rings. The van der Waals surface area contributed by atoms with Crippen LogP contribution in [0.25, 0.3) is 5.69 Å². The first kappa shape index (κ1) is 27.1. The number of hydrogen-bond donors (Lipinski definition) is 2. The summed E-state index contributed by atoms with van der Waals surface area (Å²) in [5.74, 6) is -1.99. The molecule has 0 fully saturated rings. The molecule has 0 bridgehead atoms. The van der Waals surface area contributed by atoms with Gasteiger partial charge in [0.05, 0.1) is 31.0 Å². The second-order valence-corrected chi connectivity index (χ2v) is 10.3. The predicted octanol–water partition coefficient (Wildman–Crippen LogP) is 3.46. The van der Waals surface area contributed by atoms with Crippen LogP contribution in [0.15, 0.2) is 48.5 Å². The fraction of sp³-hybridized carbons (Fsp3) is 0.304. The van der Waals surface area contributed by atoms with Gasteiger partial charge in [0.1, 0.15) is 16.9 Å². The Hall–Kier alpha value is -3.45. The van der Waals surface area contributed by atoms with Crippen LogP contribution in [0.1, 0.15) is 40.7 Å². The molecule has 0 spiro atoms. The molecule has 194 valence electrons. The van der Waals surface area contributed by atoms with Crippen molar-refractivity contribution in [1.82, 2.24) is 15.1 Å². The van der Waals surface area contributed by atoms with Crippen molar-refractivity contribution >= 4 is 15.7 Å². The number of ether oxygens (including phenoxy) is 1. The fourth-order valence-electron chi connectivity index (χ4n) is 3.41. The molecule has 8 nitrogen and oxygen atoms in total. The van der Waals surface area contributed by atoms with Gasteiger partial charge in [-0.25, -0.2) is 17.5 Å². The summed E-state index contributed by atoms with van der Waals surface area (Å²) in [7, 11) is -2.33. The third-order valence-corrected chi connectivity index (χ3v) is 6.68. The number of carbonyl (C=O) groups excluding carboxylic acids is 1. The van der Waals surface area contributed by atoms with Crippen LogP contribution < -0.4 is 15.8 Å². The van der Waals surface area contributed by atoms with E-state index in [4.69, 9.17) is 10.5 Å². The van der Waals surface area contributed by atoms with E-state index in [9.17, 15) is 30.8 Å². The minimum atomic E-state index is -4.71. The molecular formula is C23H24F4N4O4S. The van der Waals surface area contributed by atoms with Crippen LogP contribution in [-0.4, -0.2) is 37.5 Å². The fourth-order valence-corrected chi connectivity index (χ4v) is 4.06. The standard InChI is InChI=1S/C23H24F4N4O4S/c1-13(14-7-8-18(19(24)9-14)21(28)36(3,33)34)22(32)29-12-16-11-20(23(25,26)27)30-31(16)15-5-4-6-17(10-15)35-2/h4-11,13,21H,12,28H2,1-3H3,(H,29,32). The van der Waals surface area contributed by atoms with E-state index in [1.165, 1.54) is 38.3 Å². The second-order valence-electron chi connectivity index (χ2n) is 8.10. The molecule has 0 aliphatic heterocycles. The molecule has 0 radical (unpaired) electrons.